The van der Waals surface area contributed by atoms with Crippen molar-refractivity contribution >= 4 is 5.91 Å². The van der Waals surface area contributed by atoms with E-state index in [1.54, 1.807) is 0 Å². The summed E-state index contributed by atoms with van der Waals surface area (Å²) < 4.78 is 0. The highest BCUT2D eigenvalue weighted by Gasteiger charge is 2.20. The van der Waals surface area contributed by atoms with Crippen LogP contribution in [0.3, 0.4) is 0 Å². The maximum Gasteiger partial charge on any atom is 0.222 e. The fourth-order valence-electron chi connectivity index (χ4n) is 2.54. The van der Waals surface area contributed by atoms with E-state index in [9.17, 15) is 4.79 Å². The molecule has 1 fully saturated rings. The van der Waals surface area contributed by atoms with Gasteiger partial charge in [-0.25, -0.2) is 0 Å². The summed E-state index contributed by atoms with van der Waals surface area (Å²) in [4.78, 5) is 14.1. The van der Waals surface area contributed by atoms with Crippen LogP contribution in [0.1, 0.15) is 43.7 Å². The van der Waals surface area contributed by atoms with Gasteiger partial charge in [-0.3, -0.25) is 4.79 Å². The van der Waals surface area contributed by atoms with Gasteiger partial charge in [-0.15, -0.1) is 0 Å². The van der Waals surface area contributed by atoms with Gasteiger partial charge in [-0.05, 0) is 30.4 Å². The minimum absolute atomic E-state index is 0.0810. The first-order valence-corrected chi connectivity index (χ1v) is 7.66. The summed E-state index contributed by atoms with van der Waals surface area (Å²) in [6.07, 6.45) is 3.20. The summed E-state index contributed by atoms with van der Waals surface area (Å²) in [5.74, 6) is 6.92. The predicted molar refractivity (Wildman–Crippen MR) is 83.5 cm³/mol. The summed E-state index contributed by atoms with van der Waals surface area (Å²) in [7, 11) is 0. The molecule has 112 valence electrons. The van der Waals surface area contributed by atoms with Crippen LogP contribution in [0.25, 0.3) is 0 Å². The lowest BCUT2D eigenvalue weighted by Gasteiger charge is -2.21. The van der Waals surface area contributed by atoms with Crippen LogP contribution in [0.4, 0.5) is 0 Å². The minimum Gasteiger partial charge on any atom is -0.395 e. The van der Waals surface area contributed by atoms with Crippen molar-refractivity contribution in [1.82, 2.24) is 4.90 Å². The lowest BCUT2D eigenvalue weighted by atomic mass is 10.0. The molecule has 1 N–H and O–H groups in total. The molecule has 0 bridgehead atoms. The summed E-state index contributed by atoms with van der Waals surface area (Å²) in [5, 5.41) is 8.81. The van der Waals surface area contributed by atoms with Crippen molar-refractivity contribution in [2.45, 2.75) is 39.2 Å². The summed E-state index contributed by atoms with van der Waals surface area (Å²) in [6, 6.07) is 7.95. The van der Waals surface area contributed by atoms with E-state index in [4.69, 9.17) is 5.11 Å². The maximum atomic E-state index is 12.2. The molecular formula is C18H23NO2. The van der Waals surface area contributed by atoms with Crippen LogP contribution < -0.4 is 0 Å². The zero-order valence-corrected chi connectivity index (χ0v) is 12.6. The lowest BCUT2D eigenvalue weighted by molar-refractivity contribution is -0.131. The van der Waals surface area contributed by atoms with Crippen molar-refractivity contribution in [2.24, 2.45) is 5.92 Å². The molecule has 0 aliphatic carbocycles. The first-order valence-electron chi connectivity index (χ1n) is 7.66. The molecule has 1 aliphatic heterocycles. The number of carbonyl (C=O) groups is 1. The van der Waals surface area contributed by atoms with E-state index in [1.165, 1.54) is 0 Å². The standard InChI is InChI=1S/C18H23NO2/c1-15-9-10-18(21)19(12-11-15)14-17-8-3-2-6-16(17)7-4-5-13-20/h2-3,6,8,15,20H,5,9-14H2,1H3. The van der Waals surface area contributed by atoms with Gasteiger partial charge < -0.3 is 10.0 Å². The van der Waals surface area contributed by atoms with E-state index in [1.807, 2.05) is 29.2 Å². The van der Waals surface area contributed by atoms with Gasteiger partial charge in [-0.2, -0.15) is 0 Å². The van der Waals surface area contributed by atoms with Crippen molar-refractivity contribution in [2.75, 3.05) is 13.2 Å². The Balaban J connectivity index is 2.12. The molecule has 0 saturated carbocycles. The molecule has 2 rings (SSSR count). The van der Waals surface area contributed by atoms with Crippen LogP contribution in [-0.4, -0.2) is 29.1 Å². The average Bonchev–Trinajstić information content (AvgIpc) is 2.65. The number of hydrogen-bond donors (Lipinski definition) is 1. The third-order valence-electron chi connectivity index (χ3n) is 3.93. The maximum absolute atomic E-state index is 12.2. The average molecular weight is 285 g/mol. The number of hydrogen-bond acceptors (Lipinski definition) is 2. The van der Waals surface area contributed by atoms with E-state index in [-0.39, 0.29) is 12.5 Å². The number of amides is 1. The molecule has 21 heavy (non-hydrogen) atoms. The van der Waals surface area contributed by atoms with Gasteiger partial charge in [-0.1, -0.05) is 37.0 Å². The monoisotopic (exact) mass is 285 g/mol. The third-order valence-corrected chi connectivity index (χ3v) is 3.93. The van der Waals surface area contributed by atoms with E-state index in [0.29, 0.717) is 25.3 Å². The van der Waals surface area contributed by atoms with Crippen molar-refractivity contribution in [1.29, 1.82) is 0 Å². The Kier molecular flexibility index (Phi) is 5.83. The Morgan fingerprint density at radius 3 is 2.95 bits per heavy atom. The number of aliphatic hydroxyl groups is 1. The van der Waals surface area contributed by atoms with E-state index in [2.05, 4.69) is 18.8 Å². The Morgan fingerprint density at radius 1 is 1.33 bits per heavy atom. The van der Waals surface area contributed by atoms with Gasteiger partial charge >= 0.3 is 0 Å². The lowest BCUT2D eigenvalue weighted by Crippen LogP contribution is -2.30. The second-order valence-corrected chi connectivity index (χ2v) is 5.68. The fourth-order valence-corrected chi connectivity index (χ4v) is 2.54. The number of nitrogens with zero attached hydrogens (tertiary/aromatic N) is 1. The van der Waals surface area contributed by atoms with Gasteiger partial charge in [0.15, 0.2) is 0 Å². The summed E-state index contributed by atoms with van der Waals surface area (Å²) >= 11 is 0. The van der Waals surface area contributed by atoms with Crippen molar-refractivity contribution in [3.05, 3.63) is 35.4 Å². The molecule has 3 heteroatoms. The van der Waals surface area contributed by atoms with Crippen LogP contribution in [-0.2, 0) is 11.3 Å². The molecule has 1 aromatic rings. The molecule has 0 spiro atoms. The molecule has 3 nitrogen and oxygen atoms in total. The zero-order chi connectivity index (χ0) is 15.1. The number of carbonyl (C=O) groups excluding carboxylic acids is 1. The van der Waals surface area contributed by atoms with Crippen LogP contribution in [0.15, 0.2) is 24.3 Å². The minimum atomic E-state index is 0.0810. The molecule has 0 radical (unpaired) electrons. The Hall–Kier alpha value is -1.79. The van der Waals surface area contributed by atoms with Crippen LogP contribution in [0, 0.1) is 17.8 Å². The first-order chi connectivity index (χ1) is 10.2. The van der Waals surface area contributed by atoms with E-state index < -0.39 is 0 Å². The first kappa shape index (κ1) is 15.6. The van der Waals surface area contributed by atoms with Gasteiger partial charge in [0, 0.05) is 31.5 Å². The quantitative estimate of drug-likeness (QED) is 0.867. The molecule has 1 unspecified atom stereocenters. The molecule has 1 atom stereocenters. The Morgan fingerprint density at radius 2 is 2.14 bits per heavy atom. The van der Waals surface area contributed by atoms with Crippen LogP contribution in [0.2, 0.25) is 0 Å². The van der Waals surface area contributed by atoms with E-state index >= 15 is 0 Å². The van der Waals surface area contributed by atoms with E-state index in [0.717, 1.165) is 30.5 Å². The topological polar surface area (TPSA) is 40.5 Å². The normalized spacial score (nSPS) is 18.9. The second kappa shape index (κ2) is 7.85. The molecule has 1 amide bonds. The van der Waals surface area contributed by atoms with Gasteiger partial charge in [0.05, 0.1) is 6.61 Å². The number of benzene rings is 1. The zero-order valence-electron chi connectivity index (χ0n) is 12.6. The summed E-state index contributed by atoms with van der Waals surface area (Å²) in [5.41, 5.74) is 2.04. The van der Waals surface area contributed by atoms with Crippen molar-refractivity contribution < 1.29 is 9.90 Å². The Bertz CT molecular complexity index is 542. The van der Waals surface area contributed by atoms with Crippen molar-refractivity contribution in [3.63, 3.8) is 0 Å². The smallest absolute Gasteiger partial charge is 0.222 e. The SMILES string of the molecule is CC1CCC(=O)N(Cc2ccccc2C#CCCO)CC1. The third kappa shape index (κ3) is 4.61. The van der Waals surface area contributed by atoms with Crippen LogP contribution >= 0.6 is 0 Å². The molecule has 0 aromatic heterocycles. The number of likely N-dealkylation sites (tertiary alicyclic amines) is 1. The van der Waals surface area contributed by atoms with Gasteiger partial charge in [0.1, 0.15) is 0 Å². The van der Waals surface area contributed by atoms with Gasteiger partial charge in [0.2, 0.25) is 5.91 Å². The highest BCUT2D eigenvalue weighted by molar-refractivity contribution is 5.76. The highest BCUT2D eigenvalue weighted by atomic mass is 16.2. The predicted octanol–water partition coefficient (Wildman–Crippen LogP) is 2.57. The molecule has 1 saturated heterocycles. The second-order valence-electron chi connectivity index (χ2n) is 5.68. The van der Waals surface area contributed by atoms with Crippen LogP contribution in [0.5, 0.6) is 0 Å². The molecule has 1 aromatic carbocycles. The molecular weight excluding hydrogens is 262 g/mol. The molecule has 1 heterocycles. The highest BCUT2D eigenvalue weighted by Crippen LogP contribution is 2.20. The molecule has 1 aliphatic rings. The van der Waals surface area contributed by atoms with Gasteiger partial charge in [0.25, 0.3) is 0 Å². The van der Waals surface area contributed by atoms with Crippen molar-refractivity contribution in [3.8, 4) is 11.8 Å². The summed E-state index contributed by atoms with van der Waals surface area (Å²) in [6.45, 7) is 3.76. The number of aliphatic hydroxyl groups excluding tert-OH is 1. The largest absolute Gasteiger partial charge is 0.395 e. The fraction of sp³-hybridized carbons (Fsp3) is 0.500. The Labute approximate surface area is 127 Å². The number of rotatable bonds is 3.